The van der Waals surface area contributed by atoms with Crippen molar-refractivity contribution in [2.24, 2.45) is 46.3 Å². The molecule has 276 valence electrons. The van der Waals surface area contributed by atoms with Crippen LogP contribution in [0.4, 0.5) is 0 Å². The molecular weight excluding hydrogens is 614 g/mol. The topological polar surface area (TPSA) is 158 Å². The molecule has 5 aliphatic rings. The van der Waals surface area contributed by atoms with Crippen LogP contribution in [0, 0.1) is 46.3 Å². The summed E-state index contributed by atoms with van der Waals surface area (Å²) in [6.07, 6.45) is 0.985. The Morgan fingerprint density at radius 3 is 2.38 bits per heavy atom. The molecule has 0 aromatic heterocycles. The van der Waals surface area contributed by atoms with E-state index in [0.29, 0.717) is 31.1 Å². The highest BCUT2D eigenvalue weighted by atomic mass is 16.7. The van der Waals surface area contributed by atoms with E-state index in [1.54, 1.807) is 0 Å². The van der Waals surface area contributed by atoms with Gasteiger partial charge in [-0.05, 0) is 96.9 Å². The maximum atomic E-state index is 12.3. The molecule has 0 bridgehead atoms. The molecule has 6 N–H and O–H groups in total. The standard InChI is InChI=1S/C38H65NO9/c1-9-22(19(2)3)11-10-20(4)30-27(47-36-31(39-21(5)41)34(45)35(46-8)28(18-40)48-36)17-25-29-24(13-15-38(25,30)7)37(6)14-12-23(42)16-26(37)32(43)33(29)44/h19-20,22-24,26-28,30-36,40,42-45H,9-18H2,1-8H3,(H,39,41). The van der Waals surface area contributed by atoms with Crippen molar-refractivity contribution in [1.29, 1.82) is 0 Å². The number of amides is 1. The van der Waals surface area contributed by atoms with E-state index < -0.39 is 49.0 Å². The van der Waals surface area contributed by atoms with E-state index in [1.807, 2.05) is 0 Å². The molecular formula is C38H65NO9. The summed E-state index contributed by atoms with van der Waals surface area (Å²) in [6.45, 7) is 14.7. The Bertz CT molecular complexity index is 1160. The molecule has 5 rings (SSSR count). The largest absolute Gasteiger partial charge is 0.394 e. The minimum absolute atomic E-state index is 0.0557. The van der Waals surface area contributed by atoms with E-state index in [9.17, 15) is 30.3 Å². The number of aliphatic hydroxyl groups is 5. The van der Waals surface area contributed by atoms with Crippen LogP contribution in [0.25, 0.3) is 0 Å². The van der Waals surface area contributed by atoms with E-state index in [-0.39, 0.29) is 53.1 Å². The second-order valence-electron chi connectivity index (χ2n) is 16.9. The SMILES string of the molecule is CCC(CCC(C)C1C(OC2OC(CO)C(OC)C(O)C2NC(C)=O)CC2=C3C(O)C(O)C4CC(O)CCC4(C)C3CCC21C)C(C)C. The Labute approximate surface area is 288 Å². The number of hydrogen-bond donors (Lipinski definition) is 6. The summed E-state index contributed by atoms with van der Waals surface area (Å²) in [5.41, 5.74) is 1.63. The van der Waals surface area contributed by atoms with E-state index in [2.05, 4.69) is 46.9 Å². The van der Waals surface area contributed by atoms with Crippen molar-refractivity contribution in [3.05, 3.63) is 11.1 Å². The zero-order chi connectivity index (χ0) is 35.3. The Balaban J connectivity index is 1.55. The number of carbonyl (C=O) groups excluding carboxylic acids is 1. The van der Waals surface area contributed by atoms with Crippen molar-refractivity contribution >= 4 is 5.91 Å². The molecule has 10 heteroatoms. The maximum Gasteiger partial charge on any atom is 0.217 e. The van der Waals surface area contributed by atoms with Gasteiger partial charge in [-0.1, -0.05) is 60.0 Å². The maximum absolute atomic E-state index is 12.3. The van der Waals surface area contributed by atoms with Gasteiger partial charge >= 0.3 is 0 Å². The molecule has 0 aromatic carbocycles. The van der Waals surface area contributed by atoms with Crippen molar-refractivity contribution in [1.82, 2.24) is 5.32 Å². The van der Waals surface area contributed by atoms with Crippen molar-refractivity contribution in [2.45, 2.75) is 161 Å². The number of methoxy groups -OCH3 is 1. The molecule has 1 heterocycles. The van der Waals surface area contributed by atoms with Crippen LogP contribution >= 0.6 is 0 Å². The summed E-state index contributed by atoms with van der Waals surface area (Å²) < 4.78 is 18.7. The highest BCUT2D eigenvalue weighted by molar-refractivity contribution is 5.73. The third-order valence-electron chi connectivity index (χ3n) is 14.0. The van der Waals surface area contributed by atoms with Gasteiger partial charge in [0.1, 0.15) is 30.5 Å². The molecule has 4 fully saturated rings. The first-order valence-corrected chi connectivity index (χ1v) is 18.8. The van der Waals surface area contributed by atoms with Crippen molar-refractivity contribution in [3.8, 4) is 0 Å². The van der Waals surface area contributed by atoms with Gasteiger partial charge < -0.3 is 45.1 Å². The lowest BCUT2D eigenvalue weighted by Crippen LogP contribution is -2.65. The van der Waals surface area contributed by atoms with Crippen LogP contribution < -0.4 is 5.32 Å². The molecule has 10 nitrogen and oxygen atoms in total. The number of rotatable bonds is 11. The van der Waals surface area contributed by atoms with Crippen molar-refractivity contribution in [3.63, 3.8) is 0 Å². The number of aliphatic hydroxyl groups excluding tert-OH is 5. The van der Waals surface area contributed by atoms with Gasteiger partial charge in [0.15, 0.2) is 6.29 Å². The van der Waals surface area contributed by atoms with Crippen LogP contribution in [-0.2, 0) is 19.0 Å². The molecule has 4 aliphatic carbocycles. The van der Waals surface area contributed by atoms with Gasteiger partial charge in [0.25, 0.3) is 0 Å². The Morgan fingerprint density at radius 1 is 1.06 bits per heavy atom. The number of hydrogen-bond acceptors (Lipinski definition) is 9. The minimum Gasteiger partial charge on any atom is -0.394 e. The summed E-state index contributed by atoms with van der Waals surface area (Å²) in [6, 6.07) is -0.909. The lowest BCUT2D eigenvalue weighted by atomic mass is 9.47. The summed E-state index contributed by atoms with van der Waals surface area (Å²) >= 11 is 0. The van der Waals surface area contributed by atoms with Crippen LogP contribution in [0.15, 0.2) is 11.1 Å². The quantitative estimate of drug-likeness (QED) is 0.179. The van der Waals surface area contributed by atoms with Gasteiger partial charge in [0.2, 0.25) is 5.91 Å². The van der Waals surface area contributed by atoms with E-state index in [4.69, 9.17) is 14.2 Å². The number of nitrogens with one attached hydrogen (secondary N) is 1. The molecule has 48 heavy (non-hydrogen) atoms. The summed E-state index contributed by atoms with van der Waals surface area (Å²) in [5.74, 6) is 1.12. The fraction of sp³-hybridized carbons (Fsp3) is 0.921. The van der Waals surface area contributed by atoms with Crippen molar-refractivity contribution in [2.75, 3.05) is 13.7 Å². The first kappa shape index (κ1) is 38.1. The Kier molecular flexibility index (Phi) is 11.8. The van der Waals surface area contributed by atoms with Crippen LogP contribution in [-0.4, -0.2) is 100 Å². The third kappa shape index (κ3) is 6.67. The zero-order valence-corrected chi connectivity index (χ0v) is 30.6. The van der Waals surface area contributed by atoms with Crippen LogP contribution in [0.1, 0.15) is 106 Å². The Morgan fingerprint density at radius 2 is 1.77 bits per heavy atom. The van der Waals surface area contributed by atoms with Gasteiger partial charge in [-0.25, -0.2) is 0 Å². The molecule has 3 saturated carbocycles. The molecule has 16 unspecified atom stereocenters. The average molecular weight is 680 g/mol. The molecule has 1 amide bonds. The number of carbonyl (C=O) groups is 1. The molecule has 0 aromatic rings. The van der Waals surface area contributed by atoms with Crippen LogP contribution in [0.2, 0.25) is 0 Å². The minimum atomic E-state index is -1.17. The number of fused-ring (bicyclic) bond motifs is 4. The molecule has 1 saturated heterocycles. The van der Waals surface area contributed by atoms with Gasteiger partial charge in [-0.3, -0.25) is 4.79 Å². The van der Waals surface area contributed by atoms with E-state index >= 15 is 0 Å². The third-order valence-corrected chi connectivity index (χ3v) is 14.0. The highest BCUT2D eigenvalue weighted by Gasteiger charge is 2.63. The molecule has 1 aliphatic heterocycles. The highest BCUT2D eigenvalue weighted by Crippen LogP contribution is 2.66. The summed E-state index contributed by atoms with van der Waals surface area (Å²) in [5, 5.41) is 58.4. The smallest absolute Gasteiger partial charge is 0.217 e. The first-order valence-electron chi connectivity index (χ1n) is 18.8. The lowest BCUT2D eigenvalue weighted by Gasteiger charge is -2.59. The molecule has 0 radical (unpaired) electrons. The van der Waals surface area contributed by atoms with Gasteiger partial charge in [-0.2, -0.15) is 0 Å². The zero-order valence-electron chi connectivity index (χ0n) is 30.6. The fourth-order valence-corrected chi connectivity index (χ4v) is 11.4. The van der Waals surface area contributed by atoms with Crippen LogP contribution in [0.5, 0.6) is 0 Å². The second kappa shape index (κ2) is 14.9. The molecule has 16 atom stereocenters. The van der Waals surface area contributed by atoms with Crippen LogP contribution in [0.3, 0.4) is 0 Å². The summed E-state index contributed by atoms with van der Waals surface area (Å²) in [7, 11) is 1.44. The van der Waals surface area contributed by atoms with Crippen molar-refractivity contribution < 1.29 is 44.5 Å². The van der Waals surface area contributed by atoms with Gasteiger partial charge in [-0.15, -0.1) is 0 Å². The van der Waals surface area contributed by atoms with E-state index in [0.717, 1.165) is 44.1 Å². The normalized spacial score (nSPS) is 45.7. The average Bonchev–Trinajstić information content (AvgIpc) is 3.33. The predicted octanol–water partition coefficient (Wildman–Crippen LogP) is 3.70. The van der Waals surface area contributed by atoms with Gasteiger partial charge in [0, 0.05) is 14.0 Å². The van der Waals surface area contributed by atoms with Gasteiger partial charge in [0.05, 0.1) is 24.9 Å². The predicted molar refractivity (Wildman–Crippen MR) is 181 cm³/mol. The molecule has 0 spiro atoms. The number of ether oxygens (including phenoxy) is 3. The first-order chi connectivity index (χ1) is 22.6. The summed E-state index contributed by atoms with van der Waals surface area (Å²) in [4.78, 5) is 12.3. The lowest BCUT2D eigenvalue weighted by molar-refractivity contribution is -0.290. The monoisotopic (exact) mass is 679 g/mol. The Hall–Kier alpha value is -1.11. The fourth-order valence-electron chi connectivity index (χ4n) is 11.4. The second-order valence-corrected chi connectivity index (χ2v) is 16.9. The van der Waals surface area contributed by atoms with E-state index in [1.165, 1.54) is 19.6 Å².